The van der Waals surface area contributed by atoms with E-state index < -0.39 is 0 Å². The third kappa shape index (κ3) is 2.80. The first-order chi connectivity index (χ1) is 8.85. The molecule has 0 fully saturated rings. The van der Waals surface area contributed by atoms with E-state index in [1.165, 1.54) is 11.1 Å². The highest BCUT2D eigenvalue weighted by atomic mass is 14.8. The zero-order valence-corrected chi connectivity index (χ0v) is 10.8. The van der Waals surface area contributed by atoms with E-state index in [9.17, 15) is 0 Å². The molecule has 0 spiro atoms. The SMILES string of the molecule is CCc1cccc(CC)c1N=Cc1cnccn1. The summed E-state index contributed by atoms with van der Waals surface area (Å²) in [7, 11) is 0. The number of hydrogen-bond acceptors (Lipinski definition) is 3. The molecule has 0 radical (unpaired) electrons. The Balaban J connectivity index is 2.36. The molecular weight excluding hydrogens is 222 g/mol. The van der Waals surface area contributed by atoms with Crippen molar-refractivity contribution in [3.05, 3.63) is 53.6 Å². The molecule has 0 N–H and O–H groups in total. The number of rotatable bonds is 4. The van der Waals surface area contributed by atoms with Crippen LogP contribution in [-0.2, 0) is 12.8 Å². The second-order valence-corrected chi connectivity index (χ2v) is 4.02. The van der Waals surface area contributed by atoms with Gasteiger partial charge in [0, 0.05) is 12.4 Å². The summed E-state index contributed by atoms with van der Waals surface area (Å²) in [4.78, 5) is 12.8. The maximum atomic E-state index is 4.59. The Labute approximate surface area is 108 Å². The summed E-state index contributed by atoms with van der Waals surface area (Å²) in [6.07, 6.45) is 8.80. The third-order valence-corrected chi connectivity index (χ3v) is 2.87. The van der Waals surface area contributed by atoms with Crippen LogP contribution in [0.3, 0.4) is 0 Å². The van der Waals surface area contributed by atoms with Gasteiger partial charge in [-0.15, -0.1) is 0 Å². The molecule has 92 valence electrons. The standard InChI is InChI=1S/C15H17N3/c1-3-12-6-5-7-13(4-2)15(12)18-11-14-10-16-8-9-17-14/h5-11H,3-4H2,1-2H3. The molecule has 0 aliphatic carbocycles. The predicted molar refractivity (Wildman–Crippen MR) is 74.5 cm³/mol. The third-order valence-electron chi connectivity index (χ3n) is 2.87. The minimum absolute atomic E-state index is 0.783. The number of aryl methyl sites for hydroxylation is 2. The molecule has 0 saturated heterocycles. The van der Waals surface area contributed by atoms with Crippen molar-refractivity contribution in [2.24, 2.45) is 4.99 Å². The van der Waals surface area contributed by atoms with E-state index >= 15 is 0 Å². The summed E-state index contributed by atoms with van der Waals surface area (Å²) < 4.78 is 0. The molecule has 0 aliphatic heterocycles. The predicted octanol–water partition coefficient (Wildman–Crippen LogP) is 3.35. The first-order valence-corrected chi connectivity index (χ1v) is 6.26. The minimum atomic E-state index is 0.783. The van der Waals surface area contributed by atoms with Gasteiger partial charge in [-0.05, 0) is 24.0 Å². The molecule has 0 aliphatic rings. The maximum absolute atomic E-state index is 4.59. The molecule has 2 rings (SSSR count). The normalized spacial score (nSPS) is 11.0. The average Bonchev–Trinajstić information content (AvgIpc) is 2.45. The lowest BCUT2D eigenvalue weighted by Gasteiger charge is -2.07. The Morgan fingerprint density at radius 3 is 2.39 bits per heavy atom. The topological polar surface area (TPSA) is 38.1 Å². The Morgan fingerprint density at radius 1 is 1.11 bits per heavy atom. The summed E-state index contributed by atoms with van der Waals surface area (Å²) in [6, 6.07) is 6.35. The summed E-state index contributed by atoms with van der Waals surface area (Å²) in [5.41, 5.74) is 4.41. The van der Waals surface area contributed by atoms with Gasteiger partial charge in [0.25, 0.3) is 0 Å². The van der Waals surface area contributed by atoms with Gasteiger partial charge in [-0.1, -0.05) is 32.0 Å². The van der Waals surface area contributed by atoms with Gasteiger partial charge in [-0.2, -0.15) is 0 Å². The van der Waals surface area contributed by atoms with Gasteiger partial charge < -0.3 is 0 Å². The van der Waals surface area contributed by atoms with Crippen LogP contribution in [0.2, 0.25) is 0 Å². The molecule has 2 aromatic rings. The van der Waals surface area contributed by atoms with Crippen LogP contribution in [0.5, 0.6) is 0 Å². The van der Waals surface area contributed by atoms with E-state index in [4.69, 9.17) is 0 Å². The van der Waals surface area contributed by atoms with E-state index in [0.29, 0.717) is 0 Å². The van der Waals surface area contributed by atoms with Crippen molar-refractivity contribution in [3.8, 4) is 0 Å². The first kappa shape index (κ1) is 12.4. The van der Waals surface area contributed by atoms with Gasteiger partial charge in [-0.25, -0.2) is 0 Å². The van der Waals surface area contributed by atoms with Crippen LogP contribution in [0.15, 0.2) is 41.8 Å². The smallest absolute Gasteiger partial charge is 0.0995 e. The minimum Gasteiger partial charge on any atom is -0.261 e. The van der Waals surface area contributed by atoms with E-state index in [-0.39, 0.29) is 0 Å². The van der Waals surface area contributed by atoms with Crippen LogP contribution in [0, 0.1) is 0 Å². The molecule has 18 heavy (non-hydrogen) atoms. The second-order valence-electron chi connectivity index (χ2n) is 4.02. The van der Waals surface area contributed by atoms with Crippen molar-refractivity contribution in [2.45, 2.75) is 26.7 Å². The van der Waals surface area contributed by atoms with Gasteiger partial charge in [0.2, 0.25) is 0 Å². The Hall–Kier alpha value is -2.03. The number of nitrogens with zero attached hydrogens (tertiary/aromatic N) is 3. The average molecular weight is 239 g/mol. The monoisotopic (exact) mass is 239 g/mol. The molecule has 1 aromatic heterocycles. The molecule has 0 amide bonds. The van der Waals surface area contributed by atoms with E-state index in [2.05, 4.69) is 47.0 Å². The number of aromatic nitrogens is 2. The highest BCUT2D eigenvalue weighted by Crippen LogP contribution is 2.25. The van der Waals surface area contributed by atoms with Crippen molar-refractivity contribution in [1.29, 1.82) is 0 Å². The van der Waals surface area contributed by atoms with Gasteiger partial charge in [0.1, 0.15) is 0 Å². The molecule has 1 heterocycles. The molecule has 1 aromatic carbocycles. The zero-order chi connectivity index (χ0) is 12.8. The lowest BCUT2D eigenvalue weighted by Crippen LogP contribution is -1.91. The number of benzene rings is 1. The molecular formula is C15H17N3. The van der Waals surface area contributed by atoms with Gasteiger partial charge >= 0.3 is 0 Å². The van der Waals surface area contributed by atoms with Crippen LogP contribution < -0.4 is 0 Å². The molecule has 0 atom stereocenters. The molecule has 0 bridgehead atoms. The number of para-hydroxylation sites is 1. The van der Waals surface area contributed by atoms with E-state index in [0.717, 1.165) is 24.2 Å². The Kier molecular flexibility index (Phi) is 4.18. The highest BCUT2D eigenvalue weighted by Gasteiger charge is 2.03. The van der Waals surface area contributed by atoms with E-state index in [1.54, 1.807) is 24.8 Å². The first-order valence-electron chi connectivity index (χ1n) is 6.26. The summed E-state index contributed by atoms with van der Waals surface area (Å²) in [5.74, 6) is 0. The van der Waals surface area contributed by atoms with Crippen molar-refractivity contribution in [3.63, 3.8) is 0 Å². The van der Waals surface area contributed by atoms with Crippen LogP contribution >= 0.6 is 0 Å². The van der Waals surface area contributed by atoms with Crippen LogP contribution in [0.4, 0.5) is 5.69 Å². The fraction of sp³-hybridized carbons (Fsp3) is 0.267. The fourth-order valence-corrected chi connectivity index (χ4v) is 1.89. The Morgan fingerprint density at radius 2 is 1.83 bits per heavy atom. The molecule has 0 saturated carbocycles. The van der Waals surface area contributed by atoms with Crippen molar-refractivity contribution < 1.29 is 0 Å². The molecule has 3 nitrogen and oxygen atoms in total. The second kappa shape index (κ2) is 6.05. The molecule has 3 heteroatoms. The van der Waals surface area contributed by atoms with Crippen LogP contribution in [0.25, 0.3) is 0 Å². The van der Waals surface area contributed by atoms with Gasteiger partial charge in [0.05, 0.1) is 23.8 Å². The van der Waals surface area contributed by atoms with Crippen LogP contribution in [-0.4, -0.2) is 16.2 Å². The van der Waals surface area contributed by atoms with Crippen molar-refractivity contribution in [1.82, 2.24) is 9.97 Å². The zero-order valence-electron chi connectivity index (χ0n) is 10.8. The quantitative estimate of drug-likeness (QED) is 0.767. The molecule has 0 unspecified atom stereocenters. The van der Waals surface area contributed by atoms with Gasteiger partial charge in [-0.3, -0.25) is 15.0 Å². The highest BCUT2D eigenvalue weighted by molar-refractivity contribution is 5.80. The van der Waals surface area contributed by atoms with Gasteiger partial charge in [0.15, 0.2) is 0 Å². The van der Waals surface area contributed by atoms with Crippen molar-refractivity contribution in [2.75, 3.05) is 0 Å². The lowest BCUT2D eigenvalue weighted by molar-refractivity contribution is 1.08. The fourth-order valence-electron chi connectivity index (χ4n) is 1.89. The lowest BCUT2D eigenvalue weighted by atomic mass is 10.0. The summed E-state index contributed by atoms with van der Waals surface area (Å²) >= 11 is 0. The Bertz CT molecular complexity index is 510. The van der Waals surface area contributed by atoms with Crippen LogP contribution in [0.1, 0.15) is 30.7 Å². The van der Waals surface area contributed by atoms with E-state index in [1.807, 2.05) is 0 Å². The summed E-state index contributed by atoms with van der Waals surface area (Å²) in [5, 5.41) is 0. The largest absolute Gasteiger partial charge is 0.261 e. The number of aliphatic imine (C=N–C) groups is 1. The number of hydrogen-bond donors (Lipinski definition) is 0. The van der Waals surface area contributed by atoms with Crippen molar-refractivity contribution >= 4 is 11.9 Å². The maximum Gasteiger partial charge on any atom is 0.0995 e. The summed E-state index contributed by atoms with van der Waals surface area (Å²) in [6.45, 7) is 4.30.